The van der Waals surface area contributed by atoms with Crippen LogP contribution in [-0.2, 0) is 42.9 Å². The average molecular weight is 605 g/mol. The van der Waals surface area contributed by atoms with E-state index >= 15 is 0 Å². The highest BCUT2D eigenvalue weighted by Gasteiger charge is 2.26. The Hall–Kier alpha value is -2.89. The number of carbonyl (C=O) groups is 5. The zero-order valence-corrected chi connectivity index (χ0v) is 24.5. The molecule has 242 valence electrons. The lowest BCUT2D eigenvalue weighted by molar-refractivity contribution is -0.143. The van der Waals surface area contributed by atoms with Gasteiger partial charge in [-0.25, -0.2) is 0 Å². The van der Waals surface area contributed by atoms with Crippen molar-refractivity contribution in [2.75, 3.05) is 85.6 Å². The van der Waals surface area contributed by atoms with E-state index in [-0.39, 0.29) is 38.6 Å². The molecule has 42 heavy (non-hydrogen) atoms. The predicted molar refractivity (Wildman–Crippen MR) is 150 cm³/mol. The fourth-order valence-corrected chi connectivity index (χ4v) is 3.93. The second kappa shape index (κ2) is 22.7. The van der Waals surface area contributed by atoms with Crippen LogP contribution in [-0.4, -0.2) is 137 Å². The number of hydrogen-bond donors (Lipinski definition) is 6. The predicted octanol–water partition coefficient (Wildman–Crippen LogP) is -2.82. The Bertz CT molecular complexity index is 825. The molecule has 1 aliphatic rings. The molecule has 4 amide bonds. The summed E-state index contributed by atoms with van der Waals surface area (Å²) in [4.78, 5) is 61.1. The van der Waals surface area contributed by atoms with Crippen LogP contribution in [0.4, 0.5) is 0 Å². The summed E-state index contributed by atoms with van der Waals surface area (Å²) in [6.45, 7) is 7.13. The van der Waals surface area contributed by atoms with Crippen LogP contribution < -0.4 is 27.4 Å². The number of carboxylic acid groups (broad SMARTS) is 1. The van der Waals surface area contributed by atoms with Gasteiger partial charge in [-0.15, -0.1) is 0 Å². The number of nitrogens with one attached hydrogen (secondary N) is 3. The molecule has 1 heterocycles. The van der Waals surface area contributed by atoms with Gasteiger partial charge in [0.05, 0.1) is 65.2 Å². The van der Waals surface area contributed by atoms with Crippen molar-refractivity contribution < 1.29 is 48.0 Å². The number of nitrogens with two attached hydrogens (primary N) is 2. The van der Waals surface area contributed by atoms with Gasteiger partial charge in [0.1, 0.15) is 12.1 Å². The molecule has 1 fully saturated rings. The van der Waals surface area contributed by atoms with Crippen LogP contribution in [0.2, 0.25) is 0 Å². The van der Waals surface area contributed by atoms with Crippen molar-refractivity contribution in [3.8, 4) is 0 Å². The largest absolute Gasteiger partial charge is 0.481 e. The lowest BCUT2D eigenvalue weighted by atomic mass is 9.97. The number of rotatable bonds is 24. The van der Waals surface area contributed by atoms with E-state index in [1.165, 1.54) is 6.92 Å². The first-order valence-electron chi connectivity index (χ1n) is 14.3. The third-order valence-electron chi connectivity index (χ3n) is 6.33. The van der Waals surface area contributed by atoms with Crippen LogP contribution in [0.1, 0.15) is 32.6 Å². The van der Waals surface area contributed by atoms with Crippen molar-refractivity contribution in [3.63, 3.8) is 0 Å². The van der Waals surface area contributed by atoms with Crippen molar-refractivity contribution in [2.45, 2.75) is 44.7 Å². The first-order chi connectivity index (χ1) is 20.1. The molecule has 0 unspecified atom stereocenters. The smallest absolute Gasteiger partial charge is 0.306 e. The number of amides is 4. The summed E-state index contributed by atoms with van der Waals surface area (Å²) in [5, 5.41) is 16.4. The average Bonchev–Trinajstić information content (AvgIpc) is 2.95. The molecule has 0 bridgehead atoms. The third-order valence-corrected chi connectivity index (χ3v) is 6.33. The van der Waals surface area contributed by atoms with E-state index in [4.69, 9.17) is 35.5 Å². The zero-order valence-electron chi connectivity index (χ0n) is 24.5. The maximum Gasteiger partial charge on any atom is 0.306 e. The Kier molecular flexibility index (Phi) is 20.0. The second-order valence-electron chi connectivity index (χ2n) is 9.75. The Labute approximate surface area is 246 Å². The van der Waals surface area contributed by atoms with E-state index in [1.54, 1.807) is 0 Å². The highest BCUT2D eigenvalue weighted by atomic mass is 16.6. The lowest BCUT2D eigenvalue weighted by Gasteiger charge is -2.29. The maximum absolute atomic E-state index is 12.5. The SMILES string of the molecule is C[C@H](NC(=O)[C@H](CC(N)=O)NC(=O)CCOCCOCCOCCOCCN1CCC(C(=O)O)CC1)C(=O)NCCN. The number of aliphatic carboxylic acids is 1. The van der Waals surface area contributed by atoms with Crippen molar-refractivity contribution in [1.29, 1.82) is 0 Å². The quantitative estimate of drug-likeness (QED) is 0.0612. The highest BCUT2D eigenvalue weighted by Crippen LogP contribution is 2.16. The minimum Gasteiger partial charge on any atom is -0.481 e. The molecular formula is C26H48N6O10. The van der Waals surface area contributed by atoms with Gasteiger partial charge in [-0.1, -0.05) is 0 Å². The fourth-order valence-electron chi connectivity index (χ4n) is 3.93. The molecule has 1 saturated heterocycles. The van der Waals surface area contributed by atoms with E-state index in [9.17, 15) is 24.0 Å². The van der Waals surface area contributed by atoms with Crippen molar-refractivity contribution in [3.05, 3.63) is 0 Å². The molecule has 0 aromatic heterocycles. The summed E-state index contributed by atoms with van der Waals surface area (Å²) in [6, 6.07) is -2.12. The lowest BCUT2D eigenvalue weighted by Crippen LogP contribution is -2.54. The molecule has 0 spiro atoms. The van der Waals surface area contributed by atoms with Crippen LogP contribution >= 0.6 is 0 Å². The number of likely N-dealkylation sites (tertiary alicyclic amines) is 1. The van der Waals surface area contributed by atoms with E-state index in [1.807, 2.05) is 0 Å². The molecule has 16 nitrogen and oxygen atoms in total. The van der Waals surface area contributed by atoms with Crippen LogP contribution in [0, 0.1) is 5.92 Å². The molecule has 1 rings (SSSR count). The van der Waals surface area contributed by atoms with Gasteiger partial charge >= 0.3 is 5.97 Å². The van der Waals surface area contributed by atoms with Gasteiger partial charge in [0.2, 0.25) is 23.6 Å². The number of piperidine rings is 1. The summed E-state index contributed by atoms with van der Waals surface area (Å²) in [5.41, 5.74) is 10.5. The van der Waals surface area contributed by atoms with Crippen molar-refractivity contribution in [1.82, 2.24) is 20.9 Å². The molecule has 1 aliphatic heterocycles. The van der Waals surface area contributed by atoms with E-state index in [0.29, 0.717) is 52.5 Å². The van der Waals surface area contributed by atoms with Crippen LogP contribution in [0.15, 0.2) is 0 Å². The summed E-state index contributed by atoms with van der Waals surface area (Å²) < 4.78 is 21.8. The summed E-state index contributed by atoms with van der Waals surface area (Å²) >= 11 is 0. The van der Waals surface area contributed by atoms with Gasteiger partial charge in [0, 0.05) is 26.1 Å². The minimum atomic E-state index is -1.23. The second-order valence-corrected chi connectivity index (χ2v) is 9.75. The number of nitrogens with zero attached hydrogens (tertiary/aromatic N) is 1. The van der Waals surface area contributed by atoms with Crippen molar-refractivity contribution >= 4 is 29.6 Å². The molecule has 0 saturated carbocycles. The normalized spacial score (nSPS) is 15.5. The summed E-state index contributed by atoms with van der Waals surface area (Å²) in [7, 11) is 0. The standard InChI is InChI=1S/C26H48N6O10/c1-19(24(35)29-6-5-27)30-25(36)21(18-22(28)33)31-23(34)4-10-39-12-14-41-16-17-42-15-13-40-11-9-32-7-2-20(3-8-32)26(37)38/h19-21H,2-18,27H2,1H3,(H2,28,33)(H,29,35)(H,30,36)(H,31,34)(H,37,38)/t19-,21-/m0/s1. The van der Waals surface area contributed by atoms with Crippen LogP contribution in [0.5, 0.6) is 0 Å². The molecule has 0 aromatic carbocycles. The molecule has 0 aliphatic carbocycles. The Morgan fingerprint density at radius 2 is 1.40 bits per heavy atom. The third kappa shape index (κ3) is 17.8. The molecule has 2 atom stereocenters. The Balaban J connectivity index is 2.03. The van der Waals surface area contributed by atoms with E-state index in [2.05, 4.69) is 20.9 Å². The number of primary amides is 1. The minimum absolute atomic E-state index is 0.0567. The van der Waals surface area contributed by atoms with Gasteiger partial charge in [-0.2, -0.15) is 0 Å². The first-order valence-corrected chi connectivity index (χ1v) is 14.3. The molecule has 8 N–H and O–H groups in total. The van der Waals surface area contributed by atoms with Gasteiger partial charge in [0.15, 0.2) is 0 Å². The Morgan fingerprint density at radius 1 is 0.857 bits per heavy atom. The number of hydrogen-bond acceptors (Lipinski definition) is 11. The zero-order chi connectivity index (χ0) is 31.2. The van der Waals surface area contributed by atoms with Crippen LogP contribution in [0.3, 0.4) is 0 Å². The van der Waals surface area contributed by atoms with Gasteiger partial charge in [-0.3, -0.25) is 24.0 Å². The first kappa shape index (κ1) is 37.1. The number of carbonyl (C=O) groups excluding carboxylic acids is 4. The Morgan fingerprint density at radius 3 is 1.93 bits per heavy atom. The molecule has 16 heteroatoms. The maximum atomic E-state index is 12.5. The monoisotopic (exact) mass is 604 g/mol. The molecular weight excluding hydrogens is 556 g/mol. The van der Waals surface area contributed by atoms with Crippen LogP contribution in [0.25, 0.3) is 0 Å². The highest BCUT2D eigenvalue weighted by molar-refractivity contribution is 5.94. The van der Waals surface area contributed by atoms with Gasteiger partial charge < -0.3 is 56.4 Å². The number of carboxylic acids is 1. The molecule has 0 radical (unpaired) electrons. The van der Waals surface area contributed by atoms with E-state index in [0.717, 1.165) is 19.6 Å². The fraction of sp³-hybridized carbons (Fsp3) is 0.808. The van der Waals surface area contributed by atoms with Crippen molar-refractivity contribution in [2.24, 2.45) is 17.4 Å². The van der Waals surface area contributed by atoms with Gasteiger partial charge in [-0.05, 0) is 32.9 Å². The summed E-state index contributed by atoms with van der Waals surface area (Å²) in [6.07, 6.45) is 0.875. The topological polar surface area (TPSA) is 234 Å². The number of ether oxygens (including phenoxy) is 4. The van der Waals surface area contributed by atoms with Gasteiger partial charge in [0.25, 0.3) is 0 Å². The van der Waals surface area contributed by atoms with E-state index < -0.39 is 48.1 Å². The molecule has 0 aromatic rings. The summed E-state index contributed by atoms with van der Waals surface area (Å²) in [5.74, 6) is -3.41.